The monoisotopic (exact) mass is 1880 g/mol. The number of nitrogens with zero attached hydrogens (tertiary/aromatic N) is 2. The van der Waals surface area contributed by atoms with E-state index in [2.05, 4.69) is 62.8 Å². The van der Waals surface area contributed by atoms with Crippen LogP contribution in [0.15, 0.2) is 72.8 Å². The Morgan fingerprint density at radius 2 is 0.419 bits per heavy atom. The number of benzene rings is 7. The number of carbonyl (C=O) groups is 6. The molecule has 0 aromatic heterocycles. The van der Waals surface area contributed by atoms with Crippen LogP contribution in [0, 0.1) is 0 Å². The smallest absolute Gasteiger partial charge is 0.261 e. The first-order chi connectivity index (χ1) is 67.0. The molecule has 2 aliphatic rings. The van der Waals surface area contributed by atoms with Crippen molar-refractivity contribution < 1.29 is 57.2 Å². The van der Waals surface area contributed by atoms with Crippen LogP contribution in [0.4, 0.5) is 0 Å². The Hall–Kier alpha value is -8.22. The van der Waals surface area contributed by atoms with E-state index in [0.717, 1.165) is 109 Å². The van der Waals surface area contributed by atoms with Crippen molar-refractivity contribution >= 4 is 78.5 Å². The fourth-order valence-electron chi connectivity index (χ4n) is 19.9. The second-order valence-corrected chi connectivity index (χ2v) is 39.5. The number of imide groups is 2. The van der Waals surface area contributed by atoms with E-state index in [1.807, 2.05) is 48.5 Å². The number of ether oxygens (including phenoxy) is 6. The second-order valence-electron chi connectivity index (χ2n) is 39.5. The summed E-state index contributed by atoms with van der Waals surface area (Å²) in [5.74, 6) is 1.25. The molecule has 7 aromatic rings. The average molecular weight is 1880 g/mol. The first-order valence-electron chi connectivity index (χ1n) is 56.0. The van der Waals surface area contributed by atoms with Crippen molar-refractivity contribution in [3.63, 3.8) is 0 Å². The van der Waals surface area contributed by atoms with Gasteiger partial charge in [0.1, 0.15) is 0 Å². The van der Waals surface area contributed by atoms with E-state index < -0.39 is 0 Å². The van der Waals surface area contributed by atoms with Crippen molar-refractivity contribution in [3.05, 3.63) is 106 Å². The van der Waals surface area contributed by atoms with Crippen LogP contribution in [0.2, 0.25) is 0 Å². The summed E-state index contributed by atoms with van der Waals surface area (Å²) in [5.41, 5.74) is 2.58. The molecule has 0 radical (unpaired) electrons. The Balaban J connectivity index is 0.800. The van der Waals surface area contributed by atoms with E-state index >= 15 is 0 Å². The zero-order valence-corrected chi connectivity index (χ0v) is 86.0. The molecule has 0 fully saturated rings. The summed E-state index contributed by atoms with van der Waals surface area (Å²) in [4.78, 5) is 90.1. The number of fused-ring (bicyclic) bond motifs is 2. The van der Waals surface area contributed by atoms with Gasteiger partial charge >= 0.3 is 0 Å². The minimum absolute atomic E-state index is 0.108. The lowest BCUT2D eigenvalue weighted by Gasteiger charge is -2.30. The van der Waals surface area contributed by atoms with Gasteiger partial charge in [-0.2, -0.15) is 0 Å². The van der Waals surface area contributed by atoms with Gasteiger partial charge in [0.25, 0.3) is 35.4 Å². The Labute approximate surface area is 821 Å². The maximum atomic E-state index is 14.7. The van der Waals surface area contributed by atoms with Crippen LogP contribution in [-0.2, 0) is 0 Å². The summed E-state index contributed by atoms with van der Waals surface area (Å²) in [7, 11) is 0. The number of hydrogen-bond acceptors (Lipinski definition) is 14. The molecule has 7 aromatic carbocycles. The summed E-state index contributed by atoms with van der Waals surface area (Å²) in [5, 5.41) is 19.0. The third-order valence-corrected chi connectivity index (χ3v) is 28.1. The second kappa shape index (κ2) is 68.0. The maximum Gasteiger partial charge on any atom is 0.261 e. The molecule has 18 heteroatoms. The molecule has 136 heavy (non-hydrogen) atoms. The molecule has 756 valence electrons. The summed E-state index contributed by atoms with van der Waals surface area (Å²) >= 11 is 0. The lowest BCUT2D eigenvalue weighted by atomic mass is 9.82. The van der Waals surface area contributed by atoms with Gasteiger partial charge in [-0.1, -0.05) is 413 Å². The van der Waals surface area contributed by atoms with Crippen molar-refractivity contribution in [2.45, 2.75) is 427 Å². The fourth-order valence-corrected chi connectivity index (χ4v) is 19.9. The molecule has 2 aliphatic heterocycles. The highest BCUT2D eigenvalue weighted by molar-refractivity contribution is 6.41. The summed E-state index contributed by atoms with van der Waals surface area (Å²) in [6.07, 6.45) is 73.4. The first kappa shape index (κ1) is 111. The maximum absolute atomic E-state index is 14.7. The number of hydrogen-bond donors (Lipinski definition) is 4. The predicted molar refractivity (Wildman–Crippen MR) is 566 cm³/mol. The van der Waals surface area contributed by atoms with Crippen LogP contribution >= 0.6 is 0 Å². The predicted octanol–water partition coefficient (Wildman–Crippen LogP) is 30.8. The van der Waals surface area contributed by atoms with Crippen molar-refractivity contribution in [2.24, 2.45) is 0 Å². The Morgan fingerprint density at radius 3 is 0.625 bits per heavy atom. The number of carbonyl (C=O) groups excluding carboxylic acids is 6. The minimum atomic E-state index is -0.388. The van der Waals surface area contributed by atoms with E-state index in [4.69, 9.17) is 28.4 Å². The third kappa shape index (κ3) is 37.7. The van der Waals surface area contributed by atoms with Gasteiger partial charge in [0.2, 0.25) is 11.5 Å². The van der Waals surface area contributed by atoms with Gasteiger partial charge in [0, 0.05) is 96.5 Å². The Bertz CT molecular complexity index is 4060. The molecule has 0 unspecified atom stereocenters. The fraction of sp³-hybridized carbons (Fsp3) is 0.678. The third-order valence-electron chi connectivity index (χ3n) is 28.1. The molecule has 0 bridgehead atoms. The molecule has 2 heterocycles. The van der Waals surface area contributed by atoms with E-state index in [0.29, 0.717) is 144 Å². The number of amides is 6. The van der Waals surface area contributed by atoms with Crippen LogP contribution in [0.3, 0.4) is 0 Å². The zero-order valence-electron chi connectivity index (χ0n) is 86.0. The van der Waals surface area contributed by atoms with Gasteiger partial charge in [0.05, 0.1) is 39.6 Å². The topological polar surface area (TPSA) is 212 Å². The SMILES string of the molecule is CCCCCCCCCCCCOc1cc(C(=O)NCCNCCN2C(=O)c3ccc4c5ccc6c7c(ccc(c8ccc(c3c48)C2=O)c75)C(=O)N(CCNCCNC(=O)c2cc(OCCCCCCCCCCCC)c(OCCCCCCCCCCCC)c(OCCCCCCCCCCCC)c2)C6=O)cc(OCCCCCCCCCCCC)c1OCCCCCCCCCCCC. The Morgan fingerprint density at radius 1 is 0.228 bits per heavy atom. The average Bonchev–Trinajstić information content (AvgIpc) is 0.689. The van der Waals surface area contributed by atoms with Gasteiger partial charge in [-0.25, -0.2) is 0 Å². The van der Waals surface area contributed by atoms with Gasteiger partial charge < -0.3 is 49.7 Å². The summed E-state index contributed by atoms with van der Waals surface area (Å²) in [6, 6.07) is 22.2. The van der Waals surface area contributed by atoms with E-state index in [-0.39, 0.29) is 61.6 Å². The quantitative estimate of drug-likeness (QED) is 0.0121. The highest BCUT2D eigenvalue weighted by atomic mass is 16.5. The van der Waals surface area contributed by atoms with Crippen molar-refractivity contribution in [2.75, 3.05) is 92.0 Å². The van der Waals surface area contributed by atoms with E-state index in [1.54, 1.807) is 24.3 Å². The molecular formula is C118H182N6O12. The van der Waals surface area contributed by atoms with Crippen LogP contribution < -0.4 is 49.7 Å². The normalized spacial score (nSPS) is 12.6. The van der Waals surface area contributed by atoms with Gasteiger partial charge in [-0.15, -0.1) is 0 Å². The van der Waals surface area contributed by atoms with Crippen LogP contribution in [0.1, 0.15) is 489 Å². The molecule has 0 atom stereocenters. The molecule has 0 spiro atoms. The van der Waals surface area contributed by atoms with Crippen LogP contribution in [0.25, 0.3) is 43.1 Å². The van der Waals surface area contributed by atoms with Crippen molar-refractivity contribution in [1.29, 1.82) is 0 Å². The standard InChI is InChI=1S/C118H182N6O12/c1-7-13-19-25-31-37-43-49-55-61-83-131-103-89-93(90-104(132-84-62-56-50-44-38-32-26-20-14-8-2)111(103)135-87-65-59-53-47-41-35-29-23-17-11-5)113(125)121-77-75-119-79-81-123-115(127)99-71-67-95-97-69-73-101-110-102(74-70-98(108(97)110)96-68-72-100(116(123)128)109(99)107(95)96)118(130)124(117(101)129)82-80-120-76-78-122-114(126)94-91-105(133-85-63-57-51-45-39-33-27-21-15-9-3)112(136-88-66-60-54-48-42-36-30-24-18-12-6)106(92-94)134-86-64-58-52-46-40-34-28-22-16-10-4/h67-74,89-92,119-120H,7-66,75-88H2,1-6H3,(H,121,125)(H,122,126). The highest BCUT2D eigenvalue weighted by Crippen LogP contribution is 2.48. The number of unbranched alkanes of at least 4 members (excludes halogenated alkanes) is 54. The molecule has 6 amide bonds. The molecule has 0 saturated carbocycles. The first-order valence-corrected chi connectivity index (χ1v) is 56.0. The van der Waals surface area contributed by atoms with E-state index in [9.17, 15) is 28.8 Å². The van der Waals surface area contributed by atoms with Crippen LogP contribution in [0.5, 0.6) is 34.5 Å². The van der Waals surface area contributed by atoms with Gasteiger partial charge in [-0.3, -0.25) is 38.6 Å². The van der Waals surface area contributed by atoms with Gasteiger partial charge in [0.15, 0.2) is 23.0 Å². The minimum Gasteiger partial charge on any atom is -0.490 e. The summed E-state index contributed by atoms with van der Waals surface area (Å²) < 4.78 is 39.8. The van der Waals surface area contributed by atoms with Crippen LogP contribution in [-0.4, -0.2) is 137 Å². The highest BCUT2D eigenvalue weighted by Gasteiger charge is 2.37. The summed E-state index contributed by atoms with van der Waals surface area (Å²) in [6.45, 7) is 18.9. The number of nitrogens with one attached hydrogen (secondary N) is 4. The lowest BCUT2D eigenvalue weighted by Crippen LogP contribution is -2.44. The Kier molecular flexibility index (Phi) is 55.7. The molecule has 0 saturated heterocycles. The zero-order chi connectivity index (χ0) is 96.0. The number of rotatable bonds is 86. The molecule has 4 N–H and O–H groups in total. The molecule has 9 rings (SSSR count). The van der Waals surface area contributed by atoms with E-state index in [1.165, 1.54) is 318 Å². The molecular weight excluding hydrogens is 1690 g/mol. The lowest BCUT2D eigenvalue weighted by molar-refractivity contribution is 0.0596. The molecule has 0 aliphatic carbocycles. The van der Waals surface area contributed by atoms with Crippen molar-refractivity contribution in [3.8, 4) is 34.5 Å². The van der Waals surface area contributed by atoms with Gasteiger partial charge in [-0.05, 0) is 119 Å². The van der Waals surface area contributed by atoms with Crippen molar-refractivity contribution in [1.82, 2.24) is 31.1 Å². The largest absolute Gasteiger partial charge is 0.490 e. The molecule has 18 nitrogen and oxygen atoms in total.